The smallest absolute Gasteiger partial charge is 0.323 e. The number of para-hydroxylation sites is 1. The first kappa shape index (κ1) is 25.3. The number of anilines is 1. The Kier molecular flexibility index (Phi) is 8.48. The van der Waals surface area contributed by atoms with Crippen LogP contribution in [0.3, 0.4) is 0 Å². The van der Waals surface area contributed by atoms with Gasteiger partial charge in [0, 0.05) is 30.6 Å². The molecule has 0 saturated heterocycles. The van der Waals surface area contributed by atoms with Gasteiger partial charge in [-0.2, -0.15) is 4.72 Å². The molecule has 176 valence electrons. The Bertz CT molecular complexity index is 1150. The van der Waals surface area contributed by atoms with E-state index >= 15 is 0 Å². The van der Waals surface area contributed by atoms with Crippen molar-refractivity contribution in [2.75, 3.05) is 18.8 Å². The Morgan fingerprint density at radius 1 is 1.00 bits per heavy atom. The number of nitrogens with one attached hydrogen (secondary N) is 4. The normalized spacial score (nSPS) is 11.9. The molecule has 12 nitrogen and oxygen atoms in total. The van der Waals surface area contributed by atoms with Crippen LogP contribution in [0, 0.1) is 5.41 Å². The molecular weight excluding hydrogens is 452 g/mol. The number of hydrogen-bond donors (Lipinski definition) is 7. The summed E-state index contributed by atoms with van der Waals surface area (Å²) in [4.78, 5) is 35.3. The molecule has 1 unspecified atom stereocenters. The number of amidine groups is 1. The molecule has 0 heterocycles. The second-order valence-corrected chi connectivity index (χ2v) is 8.53. The second-order valence-electron chi connectivity index (χ2n) is 6.85. The second kappa shape index (κ2) is 11.1. The number of nitrogen functional groups attached to an aromatic ring is 2. The first-order valence-corrected chi connectivity index (χ1v) is 11.1. The number of carbonyl (C=O) groups excluding carboxylic acids is 2. The van der Waals surface area contributed by atoms with Gasteiger partial charge < -0.3 is 27.2 Å². The van der Waals surface area contributed by atoms with Crippen molar-refractivity contribution in [1.29, 1.82) is 5.41 Å². The third-order valence-corrected chi connectivity index (χ3v) is 5.95. The van der Waals surface area contributed by atoms with E-state index in [1.54, 1.807) is 0 Å². The largest absolute Gasteiger partial charge is 0.480 e. The van der Waals surface area contributed by atoms with Gasteiger partial charge in [-0.25, -0.2) is 8.42 Å². The van der Waals surface area contributed by atoms with E-state index < -0.39 is 40.4 Å². The van der Waals surface area contributed by atoms with Crippen molar-refractivity contribution in [3.63, 3.8) is 0 Å². The molecule has 0 aliphatic heterocycles. The maximum Gasteiger partial charge on any atom is 0.323 e. The van der Waals surface area contributed by atoms with Gasteiger partial charge in [-0.05, 0) is 24.3 Å². The van der Waals surface area contributed by atoms with Crippen LogP contribution in [0.25, 0.3) is 0 Å². The highest BCUT2D eigenvalue weighted by atomic mass is 32.2. The summed E-state index contributed by atoms with van der Waals surface area (Å²) in [6, 6.07) is 9.92. The molecule has 0 aromatic heterocycles. The molecule has 0 aliphatic carbocycles. The fraction of sp³-hybridized carbons (Fsp3) is 0.200. The van der Waals surface area contributed by atoms with Crippen molar-refractivity contribution >= 4 is 39.3 Å². The molecule has 0 spiro atoms. The van der Waals surface area contributed by atoms with Gasteiger partial charge in [0.05, 0.1) is 5.69 Å². The molecule has 0 radical (unpaired) electrons. The van der Waals surface area contributed by atoms with Gasteiger partial charge in [0.15, 0.2) is 0 Å². The van der Waals surface area contributed by atoms with Gasteiger partial charge >= 0.3 is 5.97 Å². The highest BCUT2D eigenvalue weighted by Gasteiger charge is 2.27. The number of carbonyl (C=O) groups is 3. The molecule has 2 amide bonds. The summed E-state index contributed by atoms with van der Waals surface area (Å²) in [5.74, 6) is -2.66. The molecule has 0 saturated carbocycles. The van der Waals surface area contributed by atoms with Crippen LogP contribution >= 0.6 is 0 Å². The third kappa shape index (κ3) is 7.29. The average molecular weight is 477 g/mol. The quantitative estimate of drug-likeness (QED) is 0.124. The first-order chi connectivity index (χ1) is 15.5. The number of sulfonamides is 1. The maximum atomic E-state index is 12.4. The highest BCUT2D eigenvalue weighted by molar-refractivity contribution is 7.89. The molecule has 9 N–H and O–H groups in total. The number of rotatable bonds is 11. The van der Waals surface area contributed by atoms with Gasteiger partial charge in [0.1, 0.15) is 16.8 Å². The molecule has 33 heavy (non-hydrogen) atoms. The minimum atomic E-state index is -4.24. The van der Waals surface area contributed by atoms with Crippen LogP contribution < -0.4 is 26.8 Å². The van der Waals surface area contributed by atoms with Gasteiger partial charge in [-0.15, -0.1) is 0 Å². The zero-order valence-electron chi connectivity index (χ0n) is 17.4. The molecule has 2 aromatic carbocycles. The van der Waals surface area contributed by atoms with Gasteiger partial charge in [0.25, 0.3) is 5.91 Å². The lowest BCUT2D eigenvalue weighted by molar-refractivity contribution is -0.138. The Morgan fingerprint density at radius 2 is 1.61 bits per heavy atom. The number of carboxylic acid groups (broad SMARTS) is 1. The predicted molar refractivity (Wildman–Crippen MR) is 120 cm³/mol. The number of amides is 2. The minimum absolute atomic E-state index is 0.0386. The van der Waals surface area contributed by atoms with Gasteiger partial charge in [-0.3, -0.25) is 19.8 Å². The Balaban J connectivity index is 1.85. The summed E-state index contributed by atoms with van der Waals surface area (Å²) in [6.45, 7) is -0.552. The standard InChI is InChI=1S/C20H24N6O6S/c21-14-3-1-2-4-16(14)33(31,32)26-15(20(29)30)11-25-17(27)9-10-24-19(28)13-7-5-12(6-8-13)18(22)23/h1-8,15,26H,9-11,21H2,(H3,22,23)(H,24,28)(H,25,27)(H,29,30). The average Bonchev–Trinajstić information content (AvgIpc) is 2.76. The lowest BCUT2D eigenvalue weighted by atomic mass is 10.1. The van der Waals surface area contributed by atoms with Crippen LogP contribution in [-0.2, 0) is 19.6 Å². The number of aliphatic carboxylic acids is 1. The summed E-state index contributed by atoms with van der Waals surface area (Å²) in [6.07, 6.45) is -0.165. The number of carboxylic acids is 1. The Labute approximate surface area is 189 Å². The van der Waals surface area contributed by atoms with Crippen molar-refractivity contribution in [3.8, 4) is 0 Å². The fourth-order valence-corrected chi connectivity index (χ4v) is 3.97. The molecule has 0 aliphatic rings. The van der Waals surface area contributed by atoms with Crippen molar-refractivity contribution in [2.24, 2.45) is 5.73 Å². The summed E-state index contributed by atoms with van der Waals surface area (Å²) in [5.41, 5.74) is 11.7. The van der Waals surface area contributed by atoms with Crippen molar-refractivity contribution < 1.29 is 27.9 Å². The third-order valence-electron chi connectivity index (χ3n) is 4.40. The van der Waals surface area contributed by atoms with E-state index in [2.05, 4.69) is 10.6 Å². The van der Waals surface area contributed by atoms with E-state index in [1.165, 1.54) is 48.5 Å². The van der Waals surface area contributed by atoms with Crippen LogP contribution in [0.4, 0.5) is 5.69 Å². The minimum Gasteiger partial charge on any atom is -0.480 e. The molecular formula is C20H24N6O6S. The van der Waals surface area contributed by atoms with Crippen LogP contribution in [0.1, 0.15) is 22.3 Å². The lowest BCUT2D eigenvalue weighted by Crippen LogP contribution is -2.48. The predicted octanol–water partition coefficient (Wildman–Crippen LogP) is -0.779. The molecule has 13 heteroatoms. The van der Waals surface area contributed by atoms with Crippen molar-refractivity contribution in [2.45, 2.75) is 17.4 Å². The fourth-order valence-electron chi connectivity index (χ4n) is 2.65. The number of benzene rings is 2. The highest BCUT2D eigenvalue weighted by Crippen LogP contribution is 2.17. The summed E-state index contributed by atoms with van der Waals surface area (Å²) in [5, 5.41) is 21.5. The molecule has 2 aromatic rings. The summed E-state index contributed by atoms with van der Waals surface area (Å²) >= 11 is 0. The van der Waals surface area contributed by atoms with Crippen LogP contribution in [0.5, 0.6) is 0 Å². The summed E-state index contributed by atoms with van der Waals surface area (Å²) in [7, 11) is -4.24. The SMILES string of the molecule is N=C(N)c1ccc(C(=O)NCCC(=O)NCC(NS(=O)(=O)c2ccccc2N)C(=O)O)cc1. The zero-order valence-corrected chi connectivity index (χ0v) is 18.2. The van der Waals surface area contributed by atoms with Gasteiger partial charge in [-0.1, -0.05) is 24.3 Å². The Morgan fingerprint density at radius 3 is 2.18 bits per heavy atom. The maximum absolute atomic E-state index is 12.4. The van der Waals surface area contributed by atoms with Crippen LogP contribution in [0.15, 0.2) is 53.4 Å². The van der Waals surface area contributed by atoms with Crippen molar-refractivity contribution in [1.82, 2.24) is 15.4 Å². The van der Waals surface area contributed by atoms with Crippen molar-refractivity contribution in [3.05, 3.63) is 59.7 Å². The van der Waals surface area contributed by atoms with Crippen LogP contribution in [-0.4, -0.2) is 56.3 Å². The molecule has 1 atom stereocenters. The van der Waals surface area contributed by atoms with E-state index in [0.29, 0.717) is 11.1 Å². The lowest BCUT2D eigenvalue weighted by Gasteiger charge is -2.16. The zero-order chi connectivity index (χ0) is 24.6. The first-order valence-electron chi connectivity index (χ1n) is 9.60. The van der Waals surface area contributed by atoms with E-state index in [0.717, 1.165) is 0 Å². The van der Waals surface area contributed by atoms with E-state index in [9.17, 15) is 27.9 Å². The topological polar surface area (TPSA) is 218 Å². The van der Waals surface area contributed by atoms with E-state index in [1.807, 2.05) is 4.72 Å². The molecule has 2 rings (SSSR count). The summed E-state index contributed by atoms with van der Waals surface area (Å²) < 4.78 is 26.8. The monoisotopic (exact) mass is 476 g/mol. The molecule has 0 fully saturated rings. The molecule has 0 bridgehead atoms. The van der Waals surface area contributed by atoms with Crippen LogP contribution in [0.2, 0.25) is 0 Å². The number of nitrogens with two attached hydrogens (primary N) is 2. The Hall–Kier alpha value is -3.97. The number of hydrogen-bond acceptors (Lipinski definition) is 7. The van der Waals surface area contributed by atoms with E-state index in [4.69, 9.17) is 16.9 Å². The van der Waals surface area contributed by atoms with Gasteiger partial charge in [0.2, 0.25) is 15.9 Å². The van der Waals surface area contributed by atoms with E-state index in [-0.39, 0.29) is 29.4 Å².